The number of ketones is 1. The van der Waals surface area contributed by atoms with E-state index >= 15 is 0 Å². The summed E-state index contributed by atoms with van der Waals surface area (Å²) in [6.07, 6.45) is 7.58. The van der Waals surface area contributed by atoms with Crippen molar-refractivity contribution in [3.63, 3.8) is 0 Å². The first kappa shape index (κ1) is 27.0. The summed E-state index contributed by atoms with van der Waals surface area (Å²) in [4.78, 5) is 46.1. The number of Topliss-reactive ketones (excluding diaryl/α,β-unsaturated/α-hetero) is 1. The van der Waals surface area contributed by atoms with E-state index in [-0.39, 0.29) is 35.5 Å². The molecule has 2 heterocycles. The van der Waals surface area contributed by atoms with Crippen LogP contribution < -0.4 is 10.6 Å². The molecule has 1 aromatic carbocycles. The van der Waals surface area contributed by atoms with Crippen LogP contribution in [-0.2, 0) is 22.6 Å². The molecule has 1 aromatic heterocycles. The number of nitrogens with zero attached hydrogens (tertiary/aromatic N) is 2. The molecule has 4 rings (SSSR count). The molecule has 37 heavy (non-hydrogen) atoms. The highest BCUT2D eigenvalue weighted by Gasteiger charge is 2.35. The normalized spacial score (nSPS) is 20.9. The van der Waals surface area contributed by atoms with Crippen molar-refractivity contribution in [2.45, 2.75) is 77.4 Å². The van der Waals surface area contributed by atoms with Gasteiger partial charge >= 0.3 is 0 Å². The number of hydrogen-bond acceptors (Lipinski definition) is 5. The Morgan fingerprint density at radius 2 is 1.76 bits per heavy atom. The molecule has 1 aliphatic carbocycles. The van der Waals surface area contributed by atoms with Crippen molar-refractivity contribution in [1.29, 1.82) is 0 Å². The molecule has 0 saturated heterocycles. The first-order chi connectivity index (χ1) is 17.9. The van der Waals surface area contributed by atoms with Crippen LogP contribution in [0.5, 0.6) is 0 Å². The van der Waals surface area contributed by atoms with Crippen LogP contribution in [0.4, 0.5) is 0 Å². The minimum Gasteiger partial charge on any atom is -0.347 e. The fourth-order valence-electron chi connectivity index (χ4n) is 5.61. The molecule has 0 spiro atoms. The Kier molecular flexibility index (Phi) is 9.45. The van der Waals surface area contributed by atoms with Crippen LogP contribution in [0.1, 0.15) is 74.0 Å². The third-order valence-electron chi connectivity index (χ3n) is 7.54. The Bertz CT molecular complexity index is 1070. The van der Waals surface area contributed by atoms with Gasteiger partial charge in [0.25, 0.3) is 5.91 Å². The second-order valence-corrected chi connectivity index (χ2v) is 10.9. The summed E-state index contributed by atoms with van der Waals surface area (Å²) in [6.45, 7) is 6.11. The highest BCUT2D eigenvalue weighted by atomic mass is 16.2. The van der Waals surface area contributed by atoms with Crippen molar-refractivity contribution in [3.05, 3.63) is 65.5 Å². The van der Waals surface area contributed by atoms with Crippen LogP contribution in [-0.4, -0.2) is 52.7 Å². The van der Waals surface area contributed by atoms with Gasteiger partial charge in [0.1, 0.15) is 5.69 Å². The lowest BCUT2D eigenvalue weighted by Gasteiger charge is -2.33. The fraction of sp³-hybridized carbons (Fsp3) is 0.533. The van der Waals surface area contributed by atoms with Gasteiger partial charge in [-0.1, -0.05) is 57.0 Å². The van der Waals surface area contributed by atoms with Crippen molar-refractivity contribution in [2.75, 3.05) is 13.1 Å². The maximum atomic E-state index is 13.5. The number of nitrogens with one attached hydrogen (secondary N) is 2. The Morgan fingerprint density at radius 1 is 1.00 bits per heavy atom. The van der Waals surface area contributed by atoms with E-state index in [4.69, 9.17) is 0 Å². The highest BCUT2D eigenvalue weighted by molar-refractivity contribution is 5.94. The second kappa shape index (κ2) is 13.0. The maximum absolute atomic E-state index is 13.5. The summed E-state index contributed by atoms with van der Waals surface area (Å²) in [7, 11) is 0. The van der Waals surface area contributed by atoms with Crippen LogP contribution in [0, 0.1) is 11.8 Å². The molecule has 3 atom stereocenters. The predicted molar refractivity (Wildman–Crippen MR) is 144 cm³/mol. The number of carbonyl (C=O) groups is 3. The van der Waals surface area contributed by atoms with Gasteiger partial charge in [0.2, 0.25) is 5.91 Å². The molecule has 198 valence electrons. The summed E-state index contributed by atoms with van der Waals surface area (Å²) < 4.78 is 0. The highest BCUT2D eigenvalue weighted by Crippen LogP contribution is 2.26. The number of hydrogen-bond donors (Lipinski definition) is 2. The zero-order valence-electron chi connectivity index (χ0n) is 22.1. The van der Waals surface area contributed by atoms with Gasteiger partial charge in [-0.05, 0) is 67.8 Å². The van der Waals surface area contributed by atoms with Gasteiger partial charge < -0.3 is 10.6 Å². The van der Waals surface area contributed by atoms with E-state index in [2.05, 4.69) is 58.6 Å². The Morgan fingerprint density at radius 3 is 2.51 bits per heavy atom. The number of carbonyl (C=O) groups excluding carboxylic acids is 3. The summed E-state index contributed by atoms with van der Waals surface area (Å²) in [5.74, 6) is -0.418. The third kappa shape index (κ3) is 7.48. The van der Waals surface area contributed by atoms with Crippen molar-refractivity contribution in [2.24, 2.45) is 11.8 Å². The number of fused-ring (bicyclic) bond motifs is 1. The van der Waals surface area contributed by atoms with E-state index in [1.54, 1.807) is 24.4 Å². The molecular weight excluding hydrogens is 464 g/mol. The van der Waals surface area contributed by atoms with Crippen molar-refractivity contribution >= 4 is 17.6 Å². The Hall–Kier alpha value is -3.06. The lowest BCUT2D eigenvalue weighted by molar-refractivity contribution is -0.132. The molecule has 0 unspecified atom stereocenters. The maximum Gasteiger partial charge on any atom is 0.270 e. The molecular formula is C30H40N4O3. The summed E-state index contributed by atoms with van der Waals surface area (Å²) in [5, 5.41) is 6.14. The lowest BCUT2D eigenvalue weighted by atomic mass is 9.83. The summed E-state index contributed by atoms with van der Waals surface area (Å²) >= 11 is 0. The van der Waals surface area contributed by atoms with E-state index in [1.165, 1.54) is 11.1 Å². The van der Waals surface area contributed by atoms with Gasteiger partial charge in [0.05, 0.1) is 18.5 Å². The number of aryl methyl sites for hydroxylation is 1. The monoisotopic (exact) mass is 504 g/mol. The fourth-order valence-corrected chi connectivity index (χ4v) is 5.61. The van der Waals surface area contributed by atoms with Crippen molar-refractivity contribution < 1.29 is 14.4 Å². The molecule has 0 bridgehead atoms. The molecule has 2 N–H and O–H groups in total. The van der Waals surface area contributed by atoms with Gasteiger partial charge in [-0.3, -0.25) is 24.3 Å². The molecule has 1 fully saturated rings. The van der Waals surface area contributed by atoms with Crippen LogP contribution in [0.15, 0.2) is 48.7 Å². The first-order valence-corrected chi connectivity index (χ1v) is 13.7. The minimum atomic E-state index is -0.528. The quantitative estimate of drug-likeness (QED) is 0.540. The largest absolute Gasteiger partial charge is 0.347 e. The van der Waals surface area contributed by atoms with E-state index in [0.29, 0.717) is 25.1 Å². The smallest absolute Gasteiger partial charge is 0.270 e. The molecule has 0 radical (unpaired) electrons. The summed E-state index contributed by atoms with van der Waals surface area (Å²) in [5.41, 5.74) is 2.99. The second-order valence-electron chi connectivity index (χ2n) is 10.9. The van der Waals surface area contributed by atoms with Crippen molar-refractivity contribution in [3.8, 4) is 0 Å². The lowest BCUT2D eigenvalue weighted by Crippen LogP contribution is -2.53. The number of pyridine rings is 1. The standard InChI is InChI=1S/C30H40N4O3/c1-21(2)18-27(28(35)20-34-17-9-12-22-10-3-4-11-23(22)19-34)33-29(36)24-13-5-6-14-25(24)32-30(37)26-15-7-8-16-31-26/h3-4,7-8,10-11,15-16,21,24-25,27H,5-6,9,12-14,17-20H2,1-2H3,(H,32,37)(H,33,36)/t24-,25+,27+/m1/s1. The molecule has 2 aromatic rings. The van der Waals surface area contributed by atoms with Gasteiger partial charge in [0.15, 0.2) is 5.78 Å². The SMILES string of the molecule is CC(C)C[C@H](NC(=O)[C@@H]1CCCC[C@@H]1NC(=O)c1ccccn1)C(=O)CN1CCCc2ccccc2C1. The molecule has 7 nitrogen and oxygen atoms in total. The Labute approximate surface area is 220 Å². The van der Waals surface area contributed by atoms with Gasteiger partial charge in [-0.2, -0.15) is 0 Å². The average molecular weight is 505 g/mol. The zero-order chi connectivity index (χ0) is 26.2. The molecule has 1 aliphatic heterocycles. The van der Waals surface area contributed by atoms with E-state index in [1.807, 2.05) is 0 Å². The average Bonchev–Trinajstić information content (AvgIpc) is 3.10. The van der Waals surface area contributed by atoms with E-state index in [9.17, 15) is 14.4 Å². The van der Waals surface area contributed by atoms with Crippen LogP contribution in [0.3, 0.4) is 0 Å². The number of benzene rings is 1. The van der Waals surface area contributed by atoms with Crippen molar-refractivity contribution in [1.82, 2.24) is 20.5 Å². The van der Waals surface area contributed by atoms with Gasteiger partial charge in [-0.25, -0.2) is 0 Å². The van der Waals surface area contributed by atoms with E-state index in [0.717, 1.165) is 45.2 Å². The molecule has 7 heteroatoms. The number of amides is 2. The Balaban J connectivity index is 1.40. The van der Waals surface area contributed by atoms with Crippen LogP contribution in [0.2, 0.25) is 0 Å². The van der Waals surface area contributed by atoms with Gasteiger partial charge in [-0.15, -0.1) is 0 Å². The van der Waals surface area contributed by atoms with Gasteiger partial charge in [0, 0.05) is 18.8 Å². The number of rotatable bonds is 9. The first-order valence-electron chi connectivity index (χ1n) is 13.7. The van der Waals surface area contributed by atoms with Crippen LogP contribution >= 0.6 is 0 Å². The minimum absolute atomic E-state index is 0.0614. The molecule has 1 saturated carbocycles. The zero-order valence-corrected chi connectivity index (χ0v) is 22.1. The summed E-state index contributed by atoms with van der Waals surface area (Å²) in [6, 6.07) is 12.9. The number of aromatic nitrogens is 1. The van der Waals surface area contributed by atoms with Crippen LogP contribution in [0.25, 0.3) is 0 Å². The predicted octanol–water partition coefficient (Wildman–Crippen LogP) is 3.92. The third-order valence-corrected chi connectivity index (χ3v) is 7.54. The molecule has 2 amide bonds. The topological polar surface area (TPSA) is 91.4 Å². The molecule has 2 aliphatic rings. The van der Waals surface area contributed by atoms with E-state index < -0.39 is 6.04 Å².